The van der Waals surface area contributed by atoms with Gasteiger partial charge >= 0.3 is 0 Å². The maximum atomic E-state index is 12.3. The quantitative estimate of drug-likeness (QED) is 0.782. The smallest absolute Gasteiger partial charge is 0.293 e. The van der Waals surface area contributed by atoms with E-state index in [1.807, 2.05) is 25.1 Å². The summed E-state index contributed by atoms with van der Waals surface area (Å²) in [6.07, 6.45) is 5.52. The van der Waals surface area contributed by atoms with Gasteiger partial charge in [0.05, 0.1) is 0 Å². The number of aromatic nitrogens is 2. The van der Waals surface area contributed by atoms with Gasteiger partial charge in [-0.2, -0.15) is 0 Å². The van der Waals surface area contributed by atoms with Crippen molar-refractivity contribution in [2.45, 2.75) is 32.4 Å². The minimum atomic E-state index is -0.0372. The molecule has 1 fully saturated rings. The van der Waals surface area contributed by atoms with E-state index in [0.29, 0.717) is 11.9 Å². The number of furan rings is 1. The van der Waals surface area contributed by atoms with Gasteiger partial charge in [-0.15, -0.1) is 0 Å². The standard InChI is InChI=1S/C20H24N4O2/c1-14-17(16-7-3-4-8-18(16)26-14)12-22-15-6-5-10-24(13-15)19-20(25)23(2)11-9-21-19/h3-4,7-9,11,15,22H,5-6,10,12-13H2,1-2H3/t15-/m1/s1. The minimum absolute atomic E-state index is 0.0372. The number of nitrogens with one attached hydrogen (secondary N) is 1. The first kappa shape index (κ1) is 16.8. The Bertz CT molecular complexity index is 975. The van der Waals surface area contributed by atoms with E-state index in [1.54, 1.807) is 24.0 Å². The van der Waals surface area contributed by atoms with Crippen LogP contribution in [0.25, 0.3) is 11.0 Å². The van der Waals surface area contributed by atoms with Crippen molar-refractivity contribution in [3.05, 3.63) is 58.3 Å². The fourth-order valence-corrected chi connectivity index (χ4v) is 3.72. The molecule has 0 amide bonds. The zero-order chi connectivity index (χ0) is 18.1. The maximum Gasteiger partial charge on any atom is 0.293 e. The van der Waals surface area contributed by atoms with Crippen molar-refractivity contribution >= 4 is 16.8 Å². The first-order valence-corrected chi connectivity index (χ1v) is 9.10. The Morgan fingerprint density at radius 2 is 2.19 bits per heavy atom. The Labute approximate surface area is 152 Å². The van der Waals surface area contributed by atoms with Gasteiger partial charge in [-0.25, -0.2) is 4.98 Å². The normalized spacial score (nSPS) is 17.8. The molecule has 26 heavy (non-hydrogen) atoms. The predicted molar refractivity (Wildman–Crippen MR) is 103 cm³/mol. The number of hydrogen-bond donors (Lipinski definition) is 1. The largest absolute Gasteiger partial charge is 0.461 e. The number of para-hydroxylation sites is 1. The fraction of sp³-hybridized carbons (Fsp3) is 0.400. The molecule has 3 aromatic rings. The van der Waals surface area contributed by atoms with Crippen LogP contribution in [0, 0.1) is 6.92 Å². The number of anilines is 1. The summed E-state index contributed by atoms with van der Waals surface area (Å²) in [5.41, 5.74) is 2.11. The van der Waals surface area contributed by atoms with Gasteiger partial charge in [-0.1, -0.05) is 18.2 Å². The summed E-state index contributed by atoms with van der Waals surface area (Å²) in [5, 5.41) is 4.82. The Hall–Kier alpha value is -2.60. The highest BCUT2D eigenvalue weighted by Gasteiger charge is 2.23. The monoisotopic (exact) mass is 352 g/mol. The molecule has 1 saturated heterocycles. The van der Waals surface area contributed by atoms with Crippen LogP contribution in [-0.2, 0) is 13.6 Å². The third-order valence-electron chi connectivity index (χ3n) is 5.19. The van der Waals surface area contributed by atoms with E-state index in [4.69, 9.17) is 4.42 Å². The highest BCUT2D eigenvalue weighted by molar-refractivity contribution is 5.82. The molecule has 136 valence electrons. The number of fused-ring (bicyclic) bond motifs is 1. The summed E-state index contributed by atoms with van der Waals surface area (Å²) in [5.74, 6) is 1.51. The van der Waals surface area contributed by atoms with Gasteiger partial charge in [0.1, 0.15) is 11.3 Å². The Morgan fingerprint density at radius 3 is 3.08 bits per heavy atom. The molecule has 6 nitrogen and oxygen atoms in total. The average molecular weight is 352 g/mol. The lowest BCUT2D eigenvalue weighted by atomic mass is 10.0. The number of piperidine rings is 1. The molecule has 1 aliphatic heterocycles. The number of nitrogens with zero attached hydrogens (tertiary/aromatic N) is 3. The molecule has 0 unspecified atom stereocenters. The highest BCUT2D eigenvalue weighted by atomic mass is 16.3. The van der Waals surface area contributed by atoms with E-state index in [9.17, 15) is 4.79 Å². The molecule has 1 aromatic carbocycles. The first-order valence-electron chi connectivity index (χ1n) is 9.10. The van der Waals surface area contributed by atoms with Gasteiger partial charge in [0, 0.05) is 56.1 Å². The first-order chi connectivity index (χ1) is 12.6. The van der Waals surface area contributed by atoms with E-state index in [-0.39, 0.29) is 5.56 Å². The Balaban J connectivity index is 1.48. The van der Waals surface area contributed by atoms with E-state index in [0.717, 1.165) is 43.8 Å². The molecule has 4 rings (SSSR count). The van der Waals surface area contributed by atoms with Crippen LogP contribution in [0.3, 0.4) is 0 Å². The van der Waals surface area contributed by atoms with Crippen molar-refractivity contribution in [2.24, 2.45) is 7.05 Å². The molecule has 1 atom stereocenters. The second-order valence-corrected chi connectivity index (χ2v) is 6.97. The molecular weight excluding hydrogens is 328 g/mol. The van der Waals surface area contributed by atoms with Crippen molar-refractivity contribution < 1.29 is 4.42 Å². The topological polar surface area (TPSA) is 63.3 Å². The van der Waals surface area contributed by atoms with Gasteiger partial charge in [0.15, 0.2) is 5.82 Å². The zero-order valence-electron chi connectivity index (χ0n) is 15.2. The molecule has 3 heterocycles. The van der Waals surface area contributed by atoms with Crippen molar-refractivity contribution in [1.29, 1.82) is 0 Å². The second kappa shape index (κ2) is 6.96. The van der Waals surface area contributed by atoms with Crippen molar-refractivity contribution in [1.82, 2.24) is 14.9 Å². The second-order valence-electron chi connectivity index (χ2n) is 6.97. The SMILES string of the molecule is Cc1oc2ccccc2c1CN[C@@H]1CCCN(c2nccn(C)c2=O)C1. The van der Waals surface area contributed by atoms with E-state index in [2.05, 4.69) is 21.3 Å². The fourth-order valence-electron chi connectivity index (χ4n) is 3.72. The zero-order valence-corrected chi connectivity index (χ0v) is 15.2. The lowest BCUT2D eigenvalue weighted by Crippen LogP contribution is -2.47. The molecule has 1 aliphatic rings. The van der Waals surface area contributed by atoms with Crippen molar-refractivity contribution in [3.8, 4) is 0 Å². The minimum Gasteiger partial charge on any atom is -0.461 e. The summed E-state index contributed by atoms with van der Waals surface area (Å²) in [6.45, 7) is 4.45. The molecule has 1 N–H and O–H groups in total. The summed E-state index contributed by atoms with van der Waals surface area (Å²) in [7, 11) is 1.76. The van der Waals surface area contributed by atoms with Crippen LogP contribution in [0.2, 0.25) is 0 Å². The molecule has 0 bridgehead atoms. The molecule has 0 radical (unpaired) electrons. The van der Waals surface area contributed by atoms with Crippen LogP contribution in [0.4, 0.5) is 5.82 Å². The predicted octanol–water partition coefficient (Wildman–Crippen LogP) is 2.59. The van der Waals surface area contributed by atoms with E-state index in [1.165, 1.54) is 10.9 Å². The Morgan fingerprint density at radius 1 is 1.35 bits per heavy atom. The van der Waals surface area contributed by atoms with Crippen LogP contribution in [-0.4, -0.2) is 28.7 Å². The van der Waals surface area contributed by atoms with Crippen LogP contribution >= 0.6 is 0 Å². The highest BCUT2D eigenvalue weighted by Crippen LogP contribution is 2.25. The summed E-state index contributed by atoms with van der Waals surface area (Å²) < 4.78 is 7.44. The number of rotatable bonds is 4. The molecule has 0 spiro atoms. The van der Waals surface area contributed by atoms with Crippen LogP contribution < -0.4 is 15.8 Å². The van der Waals surface area contributed by atoms with Gasteiger partial charge in [-0.3, -0.25) is 4.79 Å². The van der Waals surface area contributed by atoms with Crippen molar-refractivity contribution in [3.63, 3.8) is 0 Å². The lowest BCUT2D eigenvalue weighted by Gasteiger charge is -2.33. The van der Waals surface area contributed by atoms with Gasteiger partial charge in [0.25, 0.3) is 5.56 Å². The van der Waals surface area contributed by atoms with Crippen LogP contribution in [0.1, 0.15) is 24.2 Å². The third kappa shape index (κ3) is 3.12. The number of hydrogen-bond acceptors (Lipinski definition) is 5. The van der Waals surface area contributed by atoms with E-state index < -0.39 is 0 Å². The lowest BCUT2D eigenvalue weighted by molar-refractivity contribution is 0.417. The van der Waals surface area contributed by atoms with Crippen molar-refractivity contribution in [2.75, 3.05) is 18.0 Å². The van der Waals surface area contributed by atoms with E-state index >= 15 is 0 Å². The summed E-state index contributed by atoms with van der Waals surface area (Å²) in [6, 6.07) is 8.47. The van der Waals surface area contributed by atoms with Gasteiger partial charge in [0.2, 0.25) is 0 Å². The molecule has 0 saturated carbocycles. The summed E-state index contributed by atoms with van der Waals surface area (Å²) in [4.78, 5) is 18.7. The maximum absolute atomic E-state index is 12.3. The molecule has 0 aliphatic carbocycles. The molecule has 2 aromatic heterocycles. The molecule has 6 heteroatoms. The number of aryl methyl sites for hydroxylation is 2. The summed E-state index contributed by atoms with van der Waals surface area (Å²) >= 11 is 0. The molecular formula is C20H24N4O2. The van der Waals surface area contributed by atoms with Gasteiger partial charge < -0.3 is 19.2 Å². The van der Waals surface area contributed by atoms with Gasteiger partial charge in [-0.05, 0) is 25.8 Å². The number of benzene rings is 1. The average Bonchev–Trinajstić information content (AvgIpc) is 2.97. The third-order valence-corrected chi connectivity index (χ3v) is 5.19. The van der Waals surface area contributed by atoms with Crippen LogP contribution in [0.5, 0.6) is 0 Å². The Kier molecular flexibility index (Phi) is 4.51. The van der Waals surface area contributed by atoms with Crippen LogP contribution in [0.15, 0.2) is 45.9 Å².